The molecule has 1 aromatic heterocycles. The number of allylic oxidation sites excluding steroid dienone is 2. The first-order chi connectivity index (χ1) is 13.2. The summed E-state index contributed by atoms with van der Waals surface area (Å²) in [5.41, 5.74) is 1.53. The highest BCUT2D eigenvalue weighted by Gasteiger charge is 2.42. The third-order valence-corrected chi connectivity index (χ3v) is 6.85. The largest absolute Gasteiger partial charge is 0.496 e. The Balaban J connectivity index is 2.00. The molecule has 2 heterocycles. The van der Waals surface area contributed by atoms with E-state index in [1.165, 1.54) is 24.1 Å². The maximum Gasteiger partial charge on any atom is 0.307 e. The molecule has 1 atom stereocenters. The van der Waals surface area contributed by atoms with Gasteiger partial charge >= 0.3 is 5.97 Å². The number of thiophene rings is 1. The summed E-state index contributed by atoms with van der Waals surface area (Å²) in [4.78, 5) is 26.3. The SMILES string of the molecule is COC1=CCC2C(=C1Cl)C(CC(=O)O)=C(C)N2C(=O)c1ccc(SC(F)F)s1. The van der Waals surface area contributed by atoms with Gasteiger partial charge in [-0.3, -0.25) is 9.59 Å². The van der Waals surface area contributed by atoms with Crippen LogP contribution in [0.2, 0.25) is 0 Å². The smallest absolute Gasteiger partial charge is 0.307 e. The van der Waals surface area contributed by atoms with Crippen LogP contribution in [0, 0.1) is 0 Å². The number of fused-ring (bicyclic) bond motifs is 1. The van der Waals surface area contributed by atoms with Crippen molar-refractivity contribution < 1.29 is 28.2 Å². The fourth-order valence-corrected chi connectivity index (χ4v) is 5.46. The van der Waals surface area contributed by atoms with E-state index in [1.54, 1.807) is 13.0 Å². The first kappa shape index (κ1) is 20.9. The van der Waals surface area contributed by atoms with Gasteiger partial charge in [0.2, 0.25) is 0 Å². The molecule has 0 saturated carbocycles. The molecule has 0 bridgehead atoms. The van der Waals surface area contributed by atoms with Gasteiger partial charge in [-0.1, -0.05) is 11.6 Å². The molecule has 3 rings (SSSR count). The Bertz CT molecular complexity index is 922. The number of aliphatic carboxylic acids is 1. The topological polar surface area (TPSA) is 66.8 Å². The number of carboxylic acids is 1. The maximum absolute atomic E-state index is 13.1. The average Bonchev–Trinajstić information content (AvgIpc) is 3.18. The van der Waals surface area contributed by atoms with Crippen molar-refractivity contribution in [2.45, 2.75) is 35.8 Å². The normalized spacial score (nSPS) is 19.3. The van der Waals surface area contributed by atoms with Gasteiger partial charge in [0.1, 0.15) is 5.76 Å². The van der Waals surface area contributed by atoms with Gasteiger partial charge in [-0.2, -0.15) is 8.78 Å². The van der Waals surface area contributed by atoms with E-state index in [4.69, 9.17) is 16.3 Å². The van der Waals surface area contributed by atoms with Gasteiger partial charge in [0.05, 0.1) is 33.7 Å². The van der Waals surface area contributed by atoms with Crippen LogP contribution in [0.4, 0.5) is 8.78 Å². The zero-order valence-corrected chi connectivity index (χ0v) is 17.3. The van der Waals surface area contributed by atoms with E-state index in [0.717, 1.165) is 11.3 Å². The molecule has 0 fully saturated rings. The molecule has 1 aromatic rings. The zero-order chi connectivity index (χ0) is 20.6. The van der Waals surface area contributed by atoms with Gasteiger partial charge in [-0.25, -0.2) is 0 Å². The van der Waals surface area contributed by atoms with Crippen LogP contribution in [0.25, 0.3) is 0 Å². The van der Waals surface area contributed by atoms with Crippen molar-refractivity contribution in [1.82, 2.24) is 4.90 Å². The van der Waals surface area contributed by atoms with Gasteiger partial charge < -0.3 is 14.7 Å². The Morgan fingerprint density at radius 3 is 2.79 bits per heavy atom. The number of methoxy groups -OCH3 is 1. The monoisotopic (exact) mass is 447 g/mol. The average molecular weight is 448 g/mol. The number of alkyl halides is 2. The number of hydrogen-bond donors (Lipinski definition) is 1. The van der Waals surface area contributed by atoms with Gasteiger partial charge in [0.25, 0.3) is 11.7 Å². The quantitative estimate of drug-likeness (QED) is 0.617. The van der Waals surface area contributed by atoms with Crippen molar-refractivity contribution in [3.05, 3.63) is 50.7 Å². The van der Waals surface area contributed by atoms with Gasteiger partial charge in [0.15, 0.2) is 0 Å². The highest BCUT2D eigenvalue weighted by molar-refractivity contribution is 8.01. The molecule has 0 aromatic carbocycles. The van der Waals surface area contributed by atoms with Crippen molar-refractivity contribution in [3.63, 3.8) is 0 Å². The molecule has 0 spiro atoms. The summed E-state index contributed by atoms with van der Waals surface area (Å²) in [6.45, 7) is 1.67. The van der Waals surface area contributed by atoms with E-state index in [-0.39, 0.29) is 17.4 Å². The molecule has 0 saturated heterocycles. The molecule has 28 heavy (non-hydrogen) atoms. The second-order valence-electron chi connectivity index (χ2n) is 6.06. The number of carboxylic acid groups (broad SMARTS) is 1. The van der Waals surface area contributed by atoms with E-state index < -0.39 is 17.8 Å². The second-order valence-corrected chi connectivity index (χ2v) is 8.81. The van der Waals surface area contributed by atoms with Crippen LogP contribution in [-0.4, -0.2) is 40.8 Å². The molecule has 1 amide bonds. The zero-order valence-electron chi connectivity index (χ0n) is 14.9. The van der Waals surface area contributed by atoms with Gasteiger partial charge in [-0.05, 0) is 48.9 Å². The van der Waals surface area contributed by atoms with Crippen molar-refractivity contribution in [1.29, 1.82) is 0 Å². The van der Waals surface area contributed by atoms with Crippen molar-refractivity contribution >= 4 is 46.6 Å². The van der Waals surface area contributed by atoms with E-state index in [1.807, 2.05) is 0 Å². The summed E-state index contributed by atoms with van der Waals surface area (Å²) in [6.07, 6.45) is 1.87. The highest BCUT2D eigenvalue weighted by Crippen LogP contribution is 2.45. The van der Waals surface area contributed by atoms with Crippen LogP contribution in [-0.2, 0) is 9.53 Å². The summed E-state index contributed by atoms with van der Waals surface area (Å²) in [5, 5.41) is 9.58. The lowest BCUT2D eigenvalue weighted by Gasteiger charge is -2.29. The summed E-state index contributed by atoms with van der Waals surface area (Å²) in [6, 6.07) is 2.53. The number of rotatable bonds is 6. The van der Waals surface area contributed by atoms with E-state index >= 15 is 0 Å². The van der Waals surface area contributed by atoms with Crippen LogP contribution in [0.3, 0.4) is 0 Å². The Morgan fingerprint density at radius 1 is 1.46 bits per heavy atom. The molecule has 5 nitrogen and oxygen atoms in total. The van der Waals surface area contributed by atoms with Crippen LogP contribution in [0.15, 0.2) is 50.1 Å². The second kappa shape index (κ2) is 8.26. The molecule has 1 aliphatic carbocycles. The molecular formula is C18H16ClF2NO4S2. The third kappa shape index (κ3) is 3.83. The fraction of sp³-hybridized carbons (Fsp3) is 0.333. The minimum atomic E-state index is -2.57. The minimum absolute atomic E-state index is 0.282. The number of halogens is 3. The molecule has 1 unspecified atom stereocenters. The lowest BCUT2D eigenvalue weighted by Crippen LogP contribution is -2.36. The highest BCUT2D eigenvalue weighted by atomic mass is 35.5. The van der Waals surface area contributed by atoms with Gasteiger partial charge in [0, 0.05) is 11.3 Å². The molecule has 2 aliphatic rings. The molecule has 0 radical (unpaired) electrons. The van der Waals surface area contributed by atoms with Crippen LogP contribution in [0.5, 0.6) is 0 Å². The lowest BCUT2D eigenvalue weighted by atomic mass is 9.92. The van der Waals surface area contributed by atoms with Crippen LogP contribution in [0.1, 0.15) is 29.4 Å². The van der Waals surface area contributed by atoms with Crippen LogP contribution < -0.4 is 0 Å². The summed E-state index contributed by atoms with van der Waals surface area (Å²) < 4.78 is 30.7. The molecule has 150 valence electrons. The number of hydrogen-bond acceptors (Lipinski definition) is 5. The Labute approximate surface area is 173 Å². The summed E-state index contributed by atoms with van der Waals surface area (Å²) in [7, 11) is 1.47. The number of nitrogens with zero attached hydrogens (tertiary/aromatic N) is 1. The van der Waals surface area contributed by atoms with Crippen molar-refractivity contribution in [2.75, 3.05) is 7.11 Å². The number of carbonyl (C=O) groups is 2. The fourth-order valence-electron chi connectivity index (χ4n) is 3.39. The molecule has 1 N–H and O–H groups in total. The van der Waals surface area contributed by atoms with Crippen molar-refractivity contribution in [3.8, 4) is 0 Å². The summed E-state index contributed by atoms with van der Waals surface area (Å²) >= 11 is 7.81. The van der Waals surface area contributed by atoms with Crippen molar-refractivity contribution in [2.24, 2.45) is 0 Å². The third-order valence-electron chi connectivity index (χ3n) is 4.51. The Morgan fingerprint density at radius 2 is 2.18 bits per heavy atom. The standard InChI is InChI=1S/C18H16ClF2NO4S2/c1-8-9(7-13(23)24)15-10(3-4-11(26-2)16(15)19)22(8)17(25)12-5-6-14(27-12)28-18(20)21/h4-6,10,18H,3,7H2,1-2H3,(H,23,24). The van der Waals surface area contributed by atoms with Gasteiger partial charge in [-0.15, -0.1) is 11.3 Å². The summed E-state index contributed by atoms with van der Waals surface area (Å²) in [5.74, 6) is -3.55. The Hall–Kier alpha value is -1.84. The van der Waals surface area contributed by atoms with Crippen LogP contribution >= 0.6 is 34.7 Å². The Kier molecular flexibility index (Phi) is 6.16. The minimum Gasteiger partial charge on any atom is -0.496 e. The predicted octanol–water partition coefficient (Wildman–Crippen LogP) is 5.06. The number of carbonyl (C=O) groups excluding carboxylic acids is 1. The molecule has 10 heteroatoms. The van der Waals surface area contributed by atoms with E-state index in [9.17, 15) is 23.5 Å². The number of amides is 1. The number of thioether (sulfide) groups is 1. The lowest BCUT2D eigenvalue weighted by molar-refractivity contribution is -0.136. The first-order valence-electron chi connectivity index (χ1n) is 8.18. The van der Waals surface area contributed by atoms with E-state index in [2.05, 4.69) is 0 Å². The predicted molar refractivity (Wildman–Crippen MR) is 104 cm³/mol. The first-order valence-corrected chi connectivity index (χ1v) is 10.3. The molecule has 1 aliphatic heterocycles. The van der Waals surface area contributed by atoms with E-state index in [0.29, 0.717) is 49.9 Å². The number of ether oxygens (including phenoxy) is 1. The maximum atomic E-state index is 13.1. The molecular weight excluding hydrogens is 432 g/mol.